The number of sulfonamides is 1. The molecule has 0 aliphatic carbocycles. The van der Waals surface area contributed by atoms with E-state index in [2.05, 4.69) is 11.3 Å². The molecule has 0 bridgehead atoms. The Hall–Kier alpha value is -2.53. The minimum absolute atomic E-state index is 0.0107. The van der Waals surface area contributed by atoms with E-state index in [1.807, 2.05) is 0 Å². The van der Waals surface area contributed by atoms with Gasteiger partial charge in [0.1, 0.15) is 11.9 Å². The summed E-state index contributed by atoms with van der Waals surface area (Å²) in [7, 11) is -2.33. The van der Waals surface area contributed by atoms with Gasteiger partial charge in [-0.3, -0.25) is 9.59 Å². The third-order valence-corrected chi connectivity index (χ3v) is 7.06. The van der Waals surface area contributed by atoms with Crippen LogP contribution < -0.4 is 9.62 Å². The highest BCUT2D eigenvalue weighted by atomic mass is 35.5. The second-order valence-electron chi connectivity index (χ2n) is 7.08. The number of thiophene rings is 1. The molecule has 170 valence electrons. The largest absolute Gasteiger partial charge is 0.338 e. The van der Waals surface area contributed by atoms with Gasteiger partial charge in [-0.25, -0.2) is 12.8 Å². The lowest BCUT2D eigenvalue weighted by Gasteiger charge is -2.19. The summed E-state index contributed by atoms with van der Waals surface area (Å²) in [5, 5.41) is 0.964. The standard InChI is InChI=1S/C21H21ClFN3O4S2/c1-3-10-25(2)20(27)14-4-6-18(16(23)13-14)26-11-8-17(21(26)28)24-32(29,30)12-9-15-5-7-19(22)31-15/h3-7,9,12-13,17,24H,1,8,10-11H2,2H3/b12-9+/t17-/m0/s1. The smallest absolute Gasteiger partial charge is 0.253 e. The molecule has 2 amide bonds. The molecule has 1 aliphatic heterocycles. The number of carbonyl (C=O) groups excluding carboxylic acids is 2. The SMILES string of the molecule is C=CCN(C)C(=O)c1ccc(N2CC[C@H](NS(=O)(=O)/C=C/c3ccc(Cl)s3)C2=O)c(F)c1. The molecule has 7 nitrogen and oxygen atoms in total. The predicted octanol–water partition coefficient (Wildman–Crippen LogP) is 3.49. The van der Waals surface area contributed by atoms with Crippen molar-refractivity contribution in [3.05, 3.63) is 69.0 Å². The van der Waals surface area contributed by atoms with Gasteiger partial charge in [-0.15, -0.1) is 17.9 Å². The Kier molecular flexibility index (Phi) is 7.50. The Morgan fingerprint density at radius 1 is 1.41 bits per heavy atom. The van der Waals surface area contributed by atoms with E-state index in [9.17, 15) is 22.4 Å². The second-order valence-corrected chi connectivity index (χ2v) is 10.4. The van der Waals surface area contributed by atoms with Crippen LogP contribution in [0, 0.1) is 5.82 Å². The number of amides is 2. The number of rotatable bonds is 8. The highest BCUT2D eigenvalue weighted by Gasteiger charge is 2.36. The third-order valence-electron chi connectivity index (χ3n) is 4.75. The van der Waals surface area contributed by atoms with E-state index in [0.29, 0.717) is 15.8 Å². The van der Waals surface area contributed by atoms with E-state index < -0.39 is 27.8 Å². The lowest BCUT2D eigenvalue weighted by atomic mass is 10.1. The lowest BCUT2D eigenvalue weighted by Crippen LogP contribution is -2.41. The summed E-state index contributed by atoms with van der Waals surface area (Å²) in [6, 6.07) is 6.15. The number of benzene rings is 1. The normalized spacial score (nSPS) is 16.7. The Balaban J connectivity index is 1.70. The fourth-order valence-electron chi connectivity index (χ4n) is 3.20. The monoisotopic (exact) mass is 497 g/mol. The topological polar surface area (TPSA) is 86.8 Å². The maximum Gasteiger partial charge on any atom is 0.253 e. The average Bonchev–Trinajstić information content (AvgIpc) is 3.31. The van der Waals surface area contributed by atoms with Crippen LogP contribution in [0.3, 0.4) is 0 Å². The van der Waals surface area contributed by atoms with Crippen LogP contribution in [-0.2, 0) is 14.8 Å². The van der Waals surface area contributed by atoms with Crippen molar-refractivity contribution >= 4 is 56.5 Å². The van der Waals surface area contributed by atoms with Crippen molar-refractivity contribution in [1.29, 1.82) is 0 Å². The minimum atomic E-state index is -3.90. The van der Waals surface area contributed by atoms with Gasteiger partial charge in [0.25, 0.3) is 5.91 Å². The molecule has 0 unspecified atom stereocenters. The number of carbonyl (C=O) groups is 2. The first-order valence-corrected chi connectivity index (χ1v) is 12.3. The number of hydrogen-bond acceptors (Lipinski definition) is 5. The Labute approximate surface area is 194 Å². The van der Waals surface area contributed by atoms with Crippen molar-refractivity contribution in [2.24, 2.45) is 0 Å². The van der Waals surface area contributed by atoms with Crippen LogP contribution in [0.5, 0.6) is 0 Å². The van der Waals surface area contributed by atoms with Gasteiger partial charge in [-0.1, -0.05) is 17.7 Å². The van der Waals surface area contributed by atoms with E-state index in [1.54, 1.807) is 25.3 Å². The first kappa shape index (κ1) is 24.1. The molecule has 0 radical (unpaired) electrons. The van der Waals surface area contributed by atoms with Crippen molar-refractivity contribution in [2.45, 2.75) is 12.5 Å². The predicted molar refractivity (Wildman–Crippen MR) is 125 cm³/mol. The first-order valence-electron chi connectivity index (χ1n) is 9.54. The zero-order chi connectivity index (χ0) is 23.5. The summed E-state index contributed by atoms with van der Waals surface area (Å²) in [5.74, 6) is -1.69. The number of hydrogen-bond donors (Lipinski definition) is 1. The molecule has 11 heteroatoms. The van der Waals surface area contributed by atoms with E-state index in [-0.39, 0.29) is 30.1 Å². The molecule has 1 aliphatic rings. The molecule has 1 atom stereocenters. The Morgan fingerprint density at radius 3 is 2.78 bits per heavy atom. The van der Waals surface area contributed by atoms with Crippen LogP contribution in [0.25, 0.3) is 6.08 Å². The minimum Gasteiger partial charge on any atom is -0.338 e. The van der Waals surface area contributed by atoms with Gasteiger partial charge in [0, 0.05) is 36.0 Å². The van der Waals surface area contributed by atoms with Crippen LogP contribution in [0.2, 0.25) is 4.34 Å². The fraction of sp³-hybridized carbons (Fsp3) is 0.238. The summed E-state index contributed by atoms with van der Waals surface area (Å²) >= 11 is 7.04. The molecular weight excluding hydrogens is 477 g/mol. The van der Waals surface area contributed by atoms with Crippen LogP contribution in [0.4, 0.5) is 10.1 Å². The maximum atomic E-state index is 14.7. The summed E-state index contributed by atoms with van der Waals surface area (Å²) in [6.45, 7) is 4.00. The molecule has 32 heavy (non-hydrogen) atoms. The van der Waals surface area contributed by atoms with E-state index >= 15 is 0 Å². The van der Waals surface area contributed by atoms with Gasteiger partial charge in [0.15, 0.2) is 0 Å². The molecule has 2 aromatic rings. The van der Waals surface area contributed by atoms with Crippen molar-refractivity contribution in [2.75, 3.05) is 25.0 Å². The van der Waals surface area contributed by atoms with Gasteiger partial charge in [-0.2, -0.15) is 4.72 Å². The summed E-state index contributed by atoms with van der Waals surface area (Å²) < 4.78 is 42.3. The van der Waals surface area contributed by atoms with E-state index in [4.69, 9.17) is 11.6 Å². The highest BCUT2D eigenvalue weighted by molar-refractivity contribution is 7.92. The molecule has 0 spiro atoms. The van der Waals surface area contributed by atoms with Crippen LogP contribution in [0.15, 0.2) is 48.4 Å². The molecule has 1 N–H and O–H groups in total. The molecule has 1 aromatic heterocycles. The molecule has 3 rings (SSSR count). The highest BCUT2D eigenvalue weighted by Crippen LogP contribution is 2.27. The van der Waals surface area contributed by atoms with Gasteiger partial charge in [0.2, 0.25) is 15.9 Å². The summed E-state index contributed by atoms with van der Waals surface area (Å²) in [5.41, 5.74) is 0.127. The number of halogens is 2. The Bertz CT molecular complexity index is 1180. The summed E-state index contributed by atoms with van der Waals surface area (Å²) in [6.07, 6.45) is 3.12. The molecule has 2 heterocycles. The van der Waals surface area contributed by atoms with Gasteiger partial charge < -0.3 is 9.80 Å². The Morgan fingerprint density at radius 2 is 2.16 bits per heavy atom. The zero-order valence-corrected chi connectivity index (χ0v) is 19.5. The molecule has 0 saturated carbocycles. The lowest BCUT2D eigenvalue weighted by molar-refractivity contribution is -0.118. The fourth-order valence-corrected chi connectivity index (χ4v) is 5.27. The molecular formula is C21H21ClFN3O4S2. The van der Waals surface area contributed by atoms with Crippen LogP contribution >= 0.6 is 22.9 Å². The molecule has 1 saturated heterocycles. The zero-order valence-electron chi connectivity index (χ0n) is 17.1. The van der Waals surface area contributed by atoms with Crippen molar-refractivity contribution in [3.8, 4) is 0 Å². The van der Waals surface area contributed by atoms with Crippen molar-refractivity contribution in [3.63, 3.8) is 0 Å². The van der Waals surface area contributed by atoms with Crippen molar-refractivity contribution < 1.29 is 22.4 Å². The number of anilines is 1. The van der Waals surface area contributed by atoms with E-state index in [0.717, 1.165) is 11.5 Å². The maximum absolute atomic E-state index is 14.7. The van der Waals surface area contributed by atoms with Gasteiger partial charge in [-0.05, 0) is 42.8 Å². The van der Waals surface area contributed by atoms with Crippen LogP contribution in [0.1, 0.15) is 21.7 Å². The first-order chi connectivity index (χ1) is 15.1. The molecule has 1 fully saturated rings. The second kappa shape index (κ2) is 9.95. The third kappa shape index (κ3) is 5.63. The van der Waals surface area contributed by atoms with Crippen molar-refractivity contribution in [1.82, 2.24) is 9.62 Å². The summed E-state index contributed by atoms with van der Waals surface area (Å²) in [4.78, 5) is 28.2. The van der Waals surface area contributed by atoms with Gasteiger partial charge in [0.05, 0.1) is 10.0 Å². The number of nitrogens with one attached hydrogen (secondary N) is 1. The van der Waals surface area contributed by atoms with E-state index in [1.165, 1.54) is 39.3 Å². The molecule has 1 aromatic carbocycles. The number of likely N-dealkylation sites (N-methyl/N-ethyl adjacent to an activating group) is 1. The average molecular weight is 498 g/mol. The number of nitrogens with zero attached hydrogens (tertiary/aromatic N) is 2. The van der Waals surface area contributed by atoms with Crippen LogP contribution in [-0.4, -0.2) is 51.3 Å². The quantitative estimate of drug-likeness (QED) is 0.565. The van der Waals surface area contributed by atoms with Gasteiger partial charge >= 0.3 is 0 Å².